The number of nitriles is 1. The molecule has 104 valence electrons. The number of carboxylic acids is 1. The van der Waals surface area contributed by atoms with Crippen LogP contribution in [0.15, 0.2) is 24.3 Å². The Morgan fingerprint density at radius 1 is 1.30 bits per heavy atom. The number of hydrogen-bond donors (Lipinski definition) is 1. The highest BCUT2D eigenvalue weighted by Gasteiger charge is 2.25. The molecule has 20 heavy (non-hydrogen) atoms. The van der Waals surface area contributed by atoms with Gasteiger partial charge in [0.05, 0.1) is 24.6 Å². The SMILES string of the molecule is N#Cc1ccc(N2CCN(CCC(=O)O)CC2=O)cc1. The van der Waals surface area contributed by atoms with Gasteiger partial charge in [-0.2, -0.15) is 5.26 Å². The van der Waals surface area contributed by atoms with Crippen molar-refractivity contribution >= 4 is 17.6 Å². The van der Waals surface area contributed by atoms with Gasteiger partial charge >= 0.3 is 5.97 Å². The van der Waals surface area contributed by atoms with Crippen molar-refractivity contribution in [2.24, 2.45) is 0 Å². The van der Waals surface area contributed by atoms with Crippen LogP contribution in [0.4, 0.5) is 5.69 Å². The molecule has 2 rings (SSSR count). The third-order valence-corrected chi connectivity index (χ3v) is 3.25. The lowest BCUT2D eigenvalue weighted by molar-refractivity contribution is -0.137. The minimum absolute atomic E-state index is 0.0458. The van der Waals surface area contributed by atoms with Crippen molar-refractivity contribution in [2.75, 3.05) is 31.1 Å². The van der Waals surface area contributed by atoms with Gasteiger partial charge in [0.1, 0.15) is 0 Å². The molecule has 1 heterocycles. The summed E-state index contributed by atoms with van der Waals surface area (Å²) in [4.78, 5) is 26.1. The van der Waals surface area contributed by atoms with E-state index in [-0.39, 0.29) is 18.9 Å². The molecule has 1 aromatic carbocycles. The standard InChI is InChI=1S/C14H15N3O3/c15-9-11-1-3-12(4-2-11)17-8-7-16(10-13(17)18)6-5-14(19)20/h1-4H,5-8,10H2,(H,19,20). The van der Waals surface area contributed by atoms with E-state index in [1.807, 2.05) is 11.0 Å². The second-order valence-electron chi connectivity index (χ2n) is 4.62. The maximum absolute atomic E-state index is 12.1. The van der Waals surface area contributed by atoms with Crippen LogP contribution in [-0.4, -0.2) is 48.1 Å². The number of piperazine rings is 1. The normalized spacial score (nSPS) is 15.9. The average molecular weight is 273 g/mol. The Morgan fingerprint density at radius 2 is 2.00 bits per heavy atom. The third kappa shape index (κ3) is 3.33. The second kappa shape index (κ2) is 6.17. The van der Waals surface area contributed by atoms with Gasteiger partial charge in [0, 0.05) is 25.3 Å². The molecule has 0 aliphatic carbocycles. The molecule has 0 radical (unpaired) electrons. The van der Waals surface area contributed by atoms with Crippen molar-refractivity contribution in [2.45, 2.75) is 6.42 Å². The lowest BCUT2D eigenvalue weighted by Crippen LogP contribution is -2.50. The zero-order chi connectivity index (χ0) is 14.5. The quantitative estimate of drug-likeness (QED) is 0.872. The molecular weight excluding hydrogens is 258 g/mol. The first kappa shape index (κ1) is 14.0. The molecule has 0 saturated carbocycles. The van der Waals surface area contributed by atoms with Gasteiger partial charge in [0.2, 0.25) is 5.91 Å². The molecule has 0 atom stereocenters. The predicted octanol–water partition coefficient (Wildman–Crippen LogP) is 0.682. The second-order valence-corrected chi connectivity index (χ2v) is 4.62. The van der Waals surface area contributed by atoms with Crippen molar-refractivity contribution in [3.63, 3.8) is 0 Å². The Balaban J connectivity index is 1.97. The van der Waals surface area contributed by atoms with Crippen LogP contribution in [0, 0.1) is 11.3 Å². The van der Waals surface area contributed by atoms with Crippen LogP contribution >= 0.6 is 0 Å². The summed E-state index contributed by atoms with van der Waals surface area (Å²) in [7, 11) is 0. The van der Waals surface area contributed by atoms with Crippen molar-refractivity contribution in [1.82, 2.24) is 4.90 Å². The van der Waals surface area contributed by atoms with Gasteiger partial charge in [-0.1, -0.05) is 0 Å². The average Bonchev–Trinajstić information content (AvgIpc) is 2.45. The van der Waals surface area contributed by atoms with E-state index in [2.05, 4.69) is 0 Å². The van der Waals surface area contributed by atoms with Gasteiger partial charge in [-0.3, -0.25) is 14.5 Å². The highest BCUT2D eigenvalue weighted by molar-refractivity contribution is 5.95. The predicted molar refractivity (Wildman–Crippen MR) is 72.2 cm³/mol. The number of aliphatic carboxylic acids is 1. The number of anilines is 1. The molecular formula is C14H15N3O3. The molecule has 1 aliphatic rings. The summed E-state index contributed by atoms with van der Waals surface area (Å²) < 4.78 is 0. The summed E-state index contributed by atoms with van der Waals surface area (Å²) in [6.45, 7) is 1.80. The summed E-state index contributed by atoms with van der Waals surface area (Å²) in [5.41, 5.74) is 1.33. The molecule has 0 aromatic heterocycles. The van der Waals surface area contributed by atoms with Crippen LogP contribution in [0.2, 0.25) is 0 Å². The van der Waals surface area contributed by atoms with E-state index in [1.54, 1.807) is 29.2 Å². The Labute approximate surface area is 116 Å². The number of carbonyl (C=O) groups excluding carboxylic acids is 1. The Morgan fingerprint density at radius 3 is 2.55 bits per heavy atom. The first-order chi connectivity index (χ1) is 9.60. The Kier molecular flexibility index (Phi) is 4.33. The summed E-state index contributed by atoms with van der Waals surface area (Å²) in [5.74, 6) is -0.904. The molecule has 1 N–H and O–H groups in total. The van der Waals surface area contributed by atoms with Gasteiger partial charge in [-0.15, -0.1) is 0 Å². The number of carbonyl (C=O) groups is 2. The van der Waals surface area contributed by atoms with Crippen molar-refractivity contribution in [3.8, 4) is 6.07 Å². The van der Waals surface area contributed by atoms with Crippen LogP contribution in [-0.2, 0) is 9.59 Å². The summed E-state index contributed by atoms with van der Waals surface area (Å²) >= 11 is 0. The number of rotatable bonds is 4. The smallest absolute Gasteiger partial charge is 0.304 e. The molecule has 0 spiro atoms. The van der Waals surface area contributed by atoms with Crippen LogP contribution < -0.4 is 4.90 Å². The van der Waals surface area contributed by atoms with Gasteiger partial charge in [-0.25, -0.2) is 0 Å². The summed E-state index contributed by atoms with van der Waals surface area (Å²) in [6, 6.07) is 8.90. The molecule has 1 amide bonds. The molecule has 6 heteroatoms. The maximum Gasteiger partial charge on any atom is 0.304 e. The fourth-order valence-corrected chi connectivity index (χ4v) is 2.16. The largest absolute Gasteiger partial charge is 0.481 e. The maximum atomic E-state index is 12.1. The van der Waals surface area contributed by atoms with E-state index in [1.165, 1.54) is 0 Å². The Bertz CT molecular complexity index is 548. The first-order valence-corrected chi connectivity index (χ1v) is 6.35. The van der Waals surface area contributed by atoms with Crippen LogP contribution in [0.3, 0.4) is 0 Å². The van der Waals surface area contributed by atoms with E-state index in [0.717, 1.165) is 5.69 Å². The van der Waals surface area contributed by atoms with Gasteiger partial charge < -0.3 is 10.0 Å². The molecule has 0 bridgehead atoms. The third-order valence-electron chi connectivity index (χ3n) is 3.25. The van der Waals surface area contributed by atoms with E-state index >= 15 is 0 Å². The van der Waals surface area contributed by atoms with Gasteiger partial charge in [0.15, 0.2) is 0 Å². The lowest BCUT2D eigenvalue weighted by Gasteiger charge is -2.34. The number of carboxylic acid groups (broad SMARTS) is 1. The zero-order valence-electron chi connectivity index (χ0n) is 11.0. The van der Waals surface area contributed by atoms with Crippen LogP contribution in [0.25, 0.3) is 0 Å². The minimum atomic E-state index is -0.855. The Hall–Kier alpha value is -2.39. The first-order valence-electron chi connectivity index (χ1n) is 6.35. The molecule has 6 nitrogen and oxygen atoms in total. The van der Waals surface area contributed by atoms with Crippen molar-refractivity contribution < 1.29 is 14.7 Å². The van der Waals surface area contributed by atoms with E-state index in [0.29, 0.717) is 25.2 Å². The number of nitrogens with zero attached hydrogens (tertiary/aromatic N) is 3. The van der Waals surface area contributed by atoms with Crippen LogP contribution in [0.1, 0.15) is 12.0 Å². The van der Waals surface area contributed by atoms with Crippen LogP contribution in [0.5, 0.6) is 0 Å². The van der Waals surface area contributed by atoms with Crippen molar-refractivity contribution in [1.29, 1.82) is 5.26 Å². The molecule has 1 fully saturated rings. The molecule has 1 aliphatic heterocycles. The highest BCUT2D eigenvalue weighted by Crippen LogP contribution is 2.18. The molecule has 1 aromatic rings. The zero-order valence-corrected chi connectivity index (χ0v) is 11.0. The fraction of sp³-hybridized carbons (Fsp3) is 0.357. The topological polar surface area (TPSA) is 84.6 Å². The highest BCUT2D eigenvalue weighted by atomic mass is 16.4. The lowest BCUT2D eigenvalue weighted by atomic mass is 10.2. The van der Waals surface area contributed by atoms with Crippen molar-refractivity contribution in [3.05, 3.63) is 29.8 Å². The minimum Gasteiger partial charge on any atom is -0.481 e. The van der Waals surface area contributed by atoms with Gasteiger partial charge in [-0.05, 0) is 24.3 Å². The number of amides is 1. The van der Waals surface area contributed by atoms with E-state index in [9.17, 15) is 9.59 Å². The molecule has 0 unspecified atom stereocenters. The monoisotopic (exact) mass is 273 g/mol. The van der Waals surface area contributed by atoms with E-state index in [4.69, 9.17) is 10.4 Å². The number of hydrogen-bond acceptors (Lipinski definition) is 4. The molecule has 1 saturated heterocycles. The summed E-state index contributed by atoms with van der Waals surface area (Å²) in [6.07, 6.45) is 0.0458. The fourth-order valence-electron chi connectivity index (χ4n) is 2.16. The number of benzene rings is 1. The van der Waals surface area contributed by atoms with Gasteiger partial charge in [0.25, 0.3) is 0 Å². The van der Waals surface area contributed by atoms with E-state index < -0.39 is 5.97 Å². The summed E-state index contributed by atoms with van der Waals surface area (Å²) in [5, 5.41) is 17.4.